The Bertz CT molecular complexity index is 520. The Kier molecular flexibility index (Phi) is 5.64. The van der Waals surface area contributed by atoms with E-state index in [9.17, 15) is 9.59 Å². The number of rotatable bonds is 5. The van der Waals surface area contributed by atoms with E-state index in [1.54, 1.807) is 23.3 Å². The zero-order chi connectivity index (χ0) is 15.4. The Balaban J connectivity index is 1.81. The molecule has 1 aromatic heterocycles. The van der Waals surface area contributed by atoms with Crippen LogP contribution < -0.4 is 0 Å². The number of hydrogen-bond acceptors (Lipinski definition) is 3. The lowest BCUT2D eigenvalue weighted by Crippen LogP contribution is -2.39. The fourth-order valence-electron chi connectivity index (χ4n) is 2.55. The number of amides is 2. The molecule has 2 rings (SSSR count). The summed E-state index contributed by atoms with van der Waals surface area (Å²) in [5.41, 5.74) is 0. The van der Waals surface area contributed by atoms with Gasteiger partial charge in [0.15, 0.2) is 0 Å². The van der Waals surface area contributed by atoms with Gasteiger partial charge in [0.25, 0.3) is 0 Å². The van der Waals surface area contributed by atoms with Gasteiger partial charge >= 0.3 is 12.0 Å². The summed E-state index contributed by atoms with van der Waals surface area (Å²) in [7, 11) is 1.81. The molecular weight excluding hydrogens is 356 g/mol. The van der Waals surface area contributed by atoms with Crippen molar-refractivity contribution < 1.29 is 14.7 Å². The van der Waals surface area contributed by atoms with Crippen LogP contribution in [0, 0.1) is 5.92 Å². The van der Waals surface area contributed by atoms with E-state index in [-0.39, 0.29) is 12.5 Å². The first kappa shape index (κ1) is 16.3. The first-order valence-electron chi connectivity index (χ1n) is 6.90. The number of urea groups is 1. The largest absolute Gasteiger partial charge is 0.481 e. The molecule has 1 aliphatic heterocycles. The second kappa shape index (κ2) is 7.26. The summed E-state index contributed by atoms with van der Waals surface area (Å²) in [6.45, 7) is 2.00. The van der Waals surface area contributed by atoms with Crippen molar-refractivity contribution in [3.05, 3.63) is 20.8 Å². The van der Waals surface area contributed by atoms with E-state index in [1.165, 1.54) is 0 Å². The lowest BCUT2D eigenvalue weighted by atomic mass is 10.0. The highest BCUT2D eigenvalue weighted by Gasteiger charge is 2.28. The summed E-state index contributed by atoms with van der Waals surface area (Å²) in [5.74, 6) is -0.450. The van der Waals surface area contributed by atoms with Crippen LogP contribution in [0.15, 0.2) is 15.9 Å². The first-order chi connectivity index (χ1) is 9.95. The van der Waals surface area contributed by atoms with Crippen LogP contribution in [0.4, 0.5) is 4.79 Å². The third-order valence-electron chi connectivity index (χ3n) is 3.66. The molecule has 2 amide bonds. The van der Waals surface area contributed by atoms with Crippen molar-refractivity contribution >= 4 is 39.3 Å². The number of carboxylic acids is 1. The van der Waals surface area contributed by atoms with Gasteiger partial charge in [0, 0.05) is 41.3 Å². The first-order valence-corrected chi connectivity index (χ1v) is 8.57. The Morgan fingerprint density at radius 1 is 1.57 bits per heavy atom. The van der Waals surface area contributed by atoms with Crippen molar-refractivity contribution in [1.82, 2.24) is 9.80 Å². The van der Waals surface area contributed by atoms with Gasteiger partial charge in [0.1, 0.15) is 0 Å². The van der Waals surface area contributed by atoms with Crippen LogP contribution in [-0.2, 0) is 11.3 Å². The van der Waals surface area contributed by atoms with Crippen LogP contribution in [0.25, 0.3) is 0 Å². The van der Waals surface area contributed by atoms with E-state index in [2.05, 4.69) is 15.9 Å². The Morgan fingerprint density at radius 2 is 2.33 bits per heavy atom. The van der Waals surface area contributed by atoms with E-state index in [1.807, 2.05) is 16.3 Å². The standard InChI is InChI=1S/C14H19BrN2O3S/c1-16(8-12-6-11(15)9-21-12)14(20)17-5-4-10(7-17)2-3-13(18)19/h6,9-10H,2-5,7-8H2,1H3,(H,18,19). The van der Waals surface area contributed by atoms with Crippen molar-refractivity contribution in [1.29, 1.82) is 0 Å². The predicted octanol–water partition coefficient (Wildman–Crippen LogP) is 3.25. The minimum atomic E-state index is -0.764. The number of carbonyl (C=O) groups excluding carboxylic acids is 1. The number of aliphatic carboxylic acids is 1. The molecule has 1 unspecified atom stereocenters. The van der Waals surface area contributed by atoms with E-state index in [0.29, 0.717) is 25.4 Å². The number of hydrogen-bond donors (Lipinski definition) is 1. The zero-order valence-electron chi connectivity index (χ0n) is 11.9. The van der Waals surface area contributed by atoms with E-state index >= 15 is 0 Å². The van der Waals surface area contributed by atoms with Gasteiger partial charge in [-0.05, 0) is 40.8 Å². The van der Waals surface area contributed by atoms with Gasteiger partial charge in [-0.25, -0.2) is 4.79 Å². The molecule has 5 nitrogen and oxygen atoms in total. The maximum atomic E-state index is 12.4. The van der Waals surface area contributed by atoms with Crippen LogP contribution in [0.2, 0.25) is 0 Å². The van der Waals surface area contributed by atoms with Gasteiger partial charge in [0.05, 0.1) is 6.54 Å². The highest BCUT2D eigenvalue weighted by Crippen LogP contribution is 2.24. The number of thiophene rings is 1. The quantitative estimate of drug-likeness (QED) is 0.860. The van der Waals surface area contributed by atoms with Crippen molar-refractivity contribution in [2.24, 2.45) is 5.92 Å². The highest BCUT2D eigenvalue weighted by molar-refractivity contribution is 9.10. The van der Waals surface area contributed by atoms with E-state index < -0.39 is 5.97 Å². The maximum Gasteiger partial charge on any atom is 0.320 e. The minimum absolute atomic E-state index is 0.0253. The van der Waals surface area contributed by atoms with Gasteiger partial charge in [0.2, 0.25) is 0 Å². The normalized spacial score (nSPS) is 18.0. The van der Waals surface area contributed by atoms with Crippen LogP contribution in [0.1, 0.15) is 24.1 Å². The molecule has 1 aromatic rings. The van der Waals surface area contributed by atoms with E-state index in [0.717, 1.165) is 22.3 Å². The van der Waals surface area contributed by atoms with Gasteiger partial charge in [-0.15, -0.1) is 11.3 Å². The van der Waals surface area contributed by atoms with E-state index in [4.69, 9.17) is 5.11 Å². The lowest BCUT2D eigenvalue weighted by molar-refractivity contribution is -0.137. The molecule has 0 aromatic carbocycles. The van der Waals surface area contributed by atoms with Crippen molar-refractivity contribution in [2.75, 3.05) is 20.1 Å². The Hall–Kier alpha value is -1.08. The molecule has 0 saturated carbocycles. The number of carboxylic acid groups (broad SMARTS) is 1. The molecule has 21 heavy (non-hydrogen) atoms. The molecule has 1 atom stereocenters. The fraction of sp³-hybridized carbons (Fsp3) is 0.571. The Labute approximate surface area is 136 Å². The smallest absolute Gasteiger partial charge is 0.320 e. The molecule has 0 spiro atoms. The average molecular weight is 375 g/mol. The number of halogens is 1. The second-order valence-electron chi connectivity index (χ2n) is 5.40. The van der Waals surface area contributed by atoms with Gasteiger partial charge in [-0.2, -0.15) is 0 Å². The summed E-state index contributed by atoms with van der Waals surface area (Å²) in [4.78, 5) is 27.6. The van der Waals surface area contributed by atoms with Crippen LogP contribution in [-0.4, -0.2) is 47.0 Å². The topological polar surface area (TPSA) is 60.9 Å². The monoisotopic (exact) mass is 374 g/mol. The lowest BCUT2D eigenvalue weighted by Gasteiger charge is -2.24. The molecule has 1 saturated heterocycles. The van der Waals surface area contributed by atoms with Gasteiger partial charge < -0.3 is 14.9 Å². The summed E-state index contributed by atoms with van der Waals surface area (Å²) in [5, 5.41) is 10.7. The summed E-state index contributed by atoms with van der Waals surface area (Å²) < 4.78 is 1.04. The molecule has 1 N–H and O–H groups in total. The van der Waals surface area contributed by atoms with Crippen molar-refractivity contribution in [3.8, 4) is 0 Å². The fourth-order valence-corrected chi connectivity index (χ4v) is 4.05. The molecule has 0 bridgehead atoms. The minimum Gasteiger partial charge on any atom is -0.481 e. The molecular formula is C14H19BrN2O3S. The molecule has 7 heteroatoms. The molecule has 2 heterocycles. The highest BCUT2D eigenvalue weighted by atomic mass is 79.9. The van der Waals surface area contributed by atoms with Crippen molar-refractivity contribution in [2.45, 2.75) is 25.8 Å². The van der Waals surface area contributed by atoms with Crippen molar-refractivity contribution in [3.63, 3.8) is 0 Å². The van der Waals surface area contributed by atoms with Crippen LogP contribution in [0.5, 0.6) is 0 Å². The zero-order valence-corrected chi connectivity index (χ0v) is 14.3. The summed E-state index contributed by atoms with van der Waals surface area (Å²) >= 11 is 5.04. The summed E-state index contributed by atoms with van der Waals surface area (Å²) in [6, 6.07) is 2.05. The molecule has 116 valence electrons. The van der Waals surface area contributed by atoms with Crippen LogP contribution in [0.3, 0.4) is 0 Å². The van der Waals surface area contributed by atoms with Crippen LogP contribution >= 0.6 is 27.3 Å². The maximum absolute atomic E-state index is 12.4. The number of nitrogens with zero attached hydrogens (tertiary/aromatic N) is 2. The number of likely N-dealkylation sites (tertiary alicyclic amines) is 1. The SMILES string of the molecule is CN(Cc1cc(Br)cs1)C(=O)N1CCC(CCC(=O)O)C1. The number of carbonyl (C=O) groups is 2. The molecule has 1 fully saturated rings. The second-order valence-corrected chi connectivity index (χ2v) is 7.31. The molecule has 0 aliphatic carbocycles. The average Bonchev–Trinajstić information content (AvgIpc) is 3.04. The third kappa shape index (κ3) is 4.71. The third-order valence-corrected chi connectivity index (χ3v) is 5.35. The Morgan fingerprint density at radius 3 is 2.95 bits per heavy atom. The predicted molar refractivity (Wildman–Crippen MR) is 85.4 cm³/mol. The van der Waals surface area contributed by atoms with Gasteiger partial charge in [-0.1, -0.05) is 0 Å². The molecule has 0 radical (unpaired) electrons. The molecule has 1 aliphatic rings. The summed E-state index contributed by atoms with van der Waals surface area (Å²) in [6.07, 6.45) is 1.74. The van der Waals surface area contributed by atoms with Gasteiger partial charge in [-0.3, -0.25) is 4.79 Å².